The number of hydrogen-bond donors (Lipinski definition) is 1. The van der Waals surface area contributed by atoms with Crippen molar-refractivity contribution in [3.05, 3.63) is 88.5 Å². The van der Waals surface area contributed by atoms with Gasteiger partial charge < -0.3 is 15.2 Å². The van der Waals surface area contributed by atoms with E-state index in [1.807, 2.05) is 24.3 Å². The monoisotopic (exact) mass is 386 g/mol. The van der Waals surface area contributed by atoms with Crippen molar-refractivity contribution in [2.45, 2.75) is 19.1 Å². The lowest BCUT2D eigenvalue weighted by atomic mass is 10.0. The van der Waals surface area contributed by atoms with Crippen molar-refractivity contribution in [1.82, 2.24) is 4.98 Å². The summed E-state index contributed by atoms with van der Waals surface area (Å²) >= 11 is 6.04. The molecule has 27 heavy (non-hydrogen) atoms. The number of aromatic nitrogens is 1. The van der Waals surface area contributed by atoms with Crippen LogP contribution < -0.4 is 15.2 Å². The molecule has 0 bridgehead atoms. The molecule has 0 aliphatic rings. The second kappa shape index (κ2) is 8.84. The summed E-state index contributed by atoms with van der Waals surface area (Å²) in [6.45, 7) is 0.0103. The Hall–Kier alpha value is -2.63. The van der Waals surface area contributed by atoms with Crippen LogP contribution in [0.15, 0.2) is 60.9 Å². The summed E-state index contributed by atoms with van der Waals surface area (Å²) in [6, 6.07) is 13.7. The lowest BCUT2D eigenvalue weighted by molar-refractivity contribution is 0.279. The molecule has 2 aromatic carbocycles. The number of pyridine rings is 1. The number of halogens is 2. The molecule has 4 nitrogen and oxygen atoms in total. The molecule has 0 spiro atoms. The highest BCUT2D eigenvalue weighted by atomic mass is 35.5. The number of rotatable bonds is 7. The van der Waals surface area contributed by atoms with Gasteiger partial charge in [-0.15, -0.1) is 0 Å². The van der Waals surface area contributed by atoms with Crippen molar-refractivity contribution in [3.8, 4) is 11.5 Å². The number of ether oxygens (including phenoxy) is 2. The van der Waals surface area contributed by atoms with Crippen molar-refractivity contribution in [3.63, 3.8) is 0 Å². The molecule has 0 radical (unpaired) electrons. The predicted octanol–water partition coefficient (Wildman–Crippen LogP) is 4.70. The van der Waals surface area contributed by atoms with Gasteiger partial charge in [0.15, 0.2) is 11.5 Å². The minimum absolute atomic E-state index is 0.0103. The van der Waals surface area contributed by atoms with Gasteiger partial charge in [-0.25, -0.2) is 4.39 Å². The first kappa shape index (κ1) is 19.1. The SMILES string of the molecule is COc1cc(CC(N)c2cccnc2)ccc1OCc1c(F)cccc1Cl. The quantitative estimate of drug-likeness (QED) is 0.639. The minimum atomic E-state index is -0.402. The van der Waals surface area contributed by atoms with E-state index in [1.54, 1.807) is 37.7 Å². The highest BCUT2D eigenvalue weighted by Crippen LogP contribution is 2.31. The van der Waals surface area contributed by atoms with Crippen LogP contribution in [0.4, 0.5) is 4.39 Å². The van der Waals surface area contributed by atoms with Crippen LogP contribution in [-0.2, 0) is 13.0 Å². The van der Waals surface area contributed by atoms with Crippen LogP contribution in [-0.4, -0.2) is 12.1 Å². The van der Waals surface area contributed by atoms with E-state index < -0.39 is 5.82 Å². The topological polar surface area (TPSA) is 57.4 Å². The van der Waals surface area contributed by atoms with E-state index in [4.69, 9.17) is 26.8 Å². The summed E-state index contributed by atoms with van der Waals surface area (Å²) in [5, 5.41) is 0.327. The van der Waals surface area contributed by atoms with Crippen molar-refractivity contribution < 1.29 is 13.9 Å². The maximum atomic E-state index is 13.9. The van der Waals surface area contributed by atoms with Crippen molar-refractivity contribution in [2.75, 3.05) is 7.11 Å². The Morgan fingerprint density at radius 3 is 2.70 bits per heavy atom. The third-order valence-electron chi connectivity index (χ3n) is 4.23. The number of hydrogen-bond acceptors (Lipinski definition) is 4. The Labute approximate surface area is 162 Å². The van der Waals surface area contributed by atoms with Gasteiger partial charge in [0, 0.05) is 24.0 Å². The molecule has 2 N–H and O–H groups in total. The van der Waals surface area contributed by atoms with Gasteiger partial charge in [-0.2, -0.15) is 0 Å². The Kier molecular flexibility index (Phi) is 6.27. The molecule has 1 aromatic heterocycles. The molecule has 3 aromatic rings. The first-order valence-corrected chi connectivity index (χ1v) is 8.84. The van der Waals surface area contributed by atoms with Crippen LogP contribution in [0.3, 0.4) is 0 Å². The third kappa shape index (κ3) is 4.76. The highest BCUT2D eigenvalue weighted by Gasteiger charge is 2.13. The summed E-state index contributed by atoms with van der Waals surface area (Å²) in [7, 11) is 1.56. The number of nitrogens with two attached hydrogens (primary N) is 1. The van der Waals surface area contributed by atoms with Crippen LogP contribution in [0.1, 0.15) is 22.7 Å². The molecular weight excluding hydrogens is 367 g/mol. The standard InChI is InChI=1S/C21H20ClFN2O2/c1-26-21-11-14(10-19(24)15-4-3-9-25-12-15)7-8-20(21)27-13-16-17(22)5-2-6-18(16)23/h2-9,11-12,19H,10,13,24H2,1H3. The zero-order valence-electron chi connectivity index (χ0n) is 14.9. The van der Waals surface area contributed by atoms with Crippen LogP contribution in [0.2, 0.25) is 5.02 Å². The van der Waals surface area contributed by atoms with Gasteiger partial charge in [0.25, 0.3) is 0 Å². The molecule has 140 valence electrons. The van der Waals surface area contributed by atoms with Gasteiger partial charge >= 0.3 is 0 Å². The Bertz CT molecular complexity index is 886. The van der Waals surface area contributed by atoms with E-state index in [0.29, 0.717) is 28.5 Å². The zero-order chi connectivity index (χ0) is 19.2. The van der Waals surface area contributed by atoms with E-state index in [0.717, 1.165) is 11.1 Å². The van der Waals surface area contributed by atoms with Gasteiger partial charge in [-0.1, -0.05) is 29.8 Å². The van der Waals surface area contributed by atoms with Crippen molar-refractivity contribution in [2.24, 2.45) is 5.73 Å². The molecular formula is C21H20ClFN2O2. The van der Waals surface area contributed by atoms with Crippen LogP contribution in [0.25, 0.3) is 0 Å². The molecule has 0 fully saturated rings. The van der Waals surface area contributed by atoms with Gasteiger partial charge in [-0.3, -0.25) is 4.98 Å². The maximum Gasteiger partial charge on any atom is 0.161 e. The molecule has 1 heterocycles. The maximum absolute atomic E-state index is 13.9. The van der Waals surface area contributed by atoms with E-state index in [1.165, 1.54) is 6.07 Å². The van der Waals surface area contributed by atoms with Gasteiger partial charge in [-0.05, 0) is 47.9 Å². The smallest absolute Gasteiger partial charge is 0.161 e. The number of benzene rings is 2. The molecule has 0 saturated carbocycles. The van der Waals surface area contributed by atoms with E-state index in [2.05, 4.69) is 4.98 Å². The molecule has 3 rings (SSSR count). The summed E-state index contributed by atoms with van der Waals surface area (Å²) in [5.74, 6) is 0.661. The van der Waals surface area contributed by atoms with Gasteiger partial charge in [0.1, 0.15) is 12.4 Å². The number of nitrogens with zero attached hydrogens (tertiary/aromatic N) is 1. The fourth-order valence-corrected chi connectivity index (χ4v) is 2.96. The second-order valence-corrected chi connectivity index (χ2v) is 6.48. The average Bonchev–Trinajstić information content (AvgIpc) is 2.69. The minimum Gasteiger partial charge on any atom is -0.493 e. The fraction of sp³-hybridized carbons (Fsp3) is 0.190. The predicted molar refractivity (Wildman–Crippen MR) is 104 cm³/mol. The van der Waals surface area contributed by atoms with Crippen LogP contribution >= 0.6 is 11.6 Å². The third-order valence-corrected chi connectivity index (χ3v) is 4.58. The van der Waals surface area contributed by atoms with E-state index in [9.17, 15) is 4.39 Å². The molecule has 0 saturated heterocycles. The molecule has 1 unspecified atom stereocenters. The first-order valence-electron chi connectivity index (χ1n) is 8.46. The fourth-order valence-electron chi connectivity index (χ4n) is 2.75. The van der Waals surface area contributed by atoms with E-state index >= 15 is 0 Å². The Morgan fingerprint density at radius 1 is 1.15 bits per heavy atom. The number of methoxy groups -OCH3 is 1. The molecule has 0 aliphatic carbocycles. The highest BCUT2D eigenvalue weighted by molar-refractivity contribution is 6.31. The Balaban J connectivity index is 1.72. The van der Waals surface area contributed by atoms with Gasteiger partial charge in [0.05, 0.1) is 12.1 Å². The van der Waals surface area contributed by atoms with Crippen molar-refractivity contribution >= 4 is 11.6 Å². The summed E-state index contributed by atoms with van der Waals surface area (Å²) < 4.78 is 25.0. The molecule has 0 aliphatic heterocycles. The summed E-state index contributed by atoms with van der Waals surface area (Å²) in [4.78, 5) is 4.10. The molecule has 6 heteroatoms. The molecule has 0 amide bonds. The first-order chi connectivity index (χ1) is 13.1. The Morgan fingerprint density at radius 2 is 2.00 bits per heavy atom. The normalized spacial score (nSPS) is 11.9. The van der Waals surface area contributed by atoms with Crippen LogP contribution in [0.5, 0.6) is 11.5 Å². The van der Waals surface area contributed by atoms with E-state index in [-0.39, 0.29) is 12.6 Å². The largest absolute Gasteiger partial charge is 0.493 e. The second-order valence-electron chi connectivity index (χ2n) is 6.07. The average molecular weight is 387 g/mol. The summed E-state index contributed by atoms with van der Waals surface area (Å²) in [6.07, 6.45) is 4.10. The lowest BCUT2D eigenvalue weighted by Crippen LogP contribution is -2.13. The van der Waals surface area contributed by atoms with Crippen molar-refractivity contribution in [1.29, 1.82) is 0 Å². The summed E-state index contributed by atoms with van der Waals surface area (Å²) in [5.41, 5.74) is 8.53. The molecule has 1 atom stereocenters. The van der Waals surface area contributed by atoms with Crippen LogP contribution in [0, 0.1) is 5.82 Å². The lowest BCUT2D eigenvalue weighted by Gasteiger charge is -2.15. The van der Waals surface area contributed by atoms with Gasteiger partial charge in [0.2, 0.25) is 0 Å². The zero-order valence-corrected chi connectivity index (χ0v) is 15.6.